The van der Waals surface area contributed by atoms with E-state index in [1.165, 1.54) is 6.33 Å². The van der Waals surface area contributed by atoms with E-state index in [0.29, 0.717) is 13.1 Å². The molecule has 0 radical (unpaired) electrons. The molecular weight excluding hydrogens is 194 g/mol. The third-order valence-corrected chi connectivity index (χ3v) is 2.48. The maximum atomic E-state index is 10.9. The van der Waals surface area contributed by atoms with Gasteiger partial charge in [-0.05, 0) is 6.07 Å². The van der Waals surface area contributed by atoms with E-state index in [9.17, 15) is 4.79 Å². The SMILES string of the molecule is NC(=O)N1CCN(c2ccncn2)CC1. The highest BCUT2D eigenvalue weighted by Gasteiger charge is 2.19. The standard InChI is InChI=1S/C9H13N5O/c10-9(15)14-5-3-13(4-6-14)8-1-2-11-7-12-8/h1-2,7H,3-6H2,(H2,10,15). The Labute approximate surface area is 87.7 Å². The first-order valence-corrected chi connectivity index (χ1v) is 4.83. The quantitative estimate of drug-likeness (QED) is 0.684. The van der Waals surface area contributed by atoms with Crippen molar-refractivity contribution in [1.29, 1.82) is 0 Å². The monoisotopic (exact) mass is 207 g/mol. The number of urea groups is 1. The highest BCUT2D eigenvalue weighted by atomic mass is 16.2. The zero-order chi connectivity index (χ0) is 10.7. The molecule has 0 atom stereocenters. The maximum absolute atomic E-state index is 10.9. The number of primary amides is 1. The number of hydrogen-bond acceptors (Lipinski definition) is 4. The Kier molecular flexibility index (Phi) is 2.66. The van der Waals surface area contributed by atoms with E-state index in [2.05, 4.69) is 14.9 Å². The molecule has 0 saturated carbocycles. The lowest BCUT2D eigenvalue weighted by atomic mass is 10.3. The topological polar surface area (TPSA) is 75.4 Å². The molecule has 1 aromatic heterocycles. The van der Waals surface area contributed by atoms with Gasteiger partial charge in [0.05, 0.1) is 0 Å². The Morgan fingerprint density at radius 1 is 1.33 bits per heavy atom. The zero-order valence-electron chi connectivity index (χ0n) is 8.33. The van der Waals surface area contributed by atoms with Crippen molar-refractivity contribution in [3.63, 3.8) is 0 Å². The Morgan fingerprint density at radius 3 is 2.60 bits per heavy atom. The van der Waals surface area contributed by atoms with Crippen LogP contribution < -0.4 is 10.6 Å². The highest BCUT2D eigenvalue weighted by molar-refractivity contribution is 5.72. The Hall–Kier alpha value is -1.85. The average Bonchev–Trinajstić information content (AvgIpc) is 2.30. The fourth-order valence-corrected chi connectivity index (χ4v) is 1.63. The number of hydrogen-bond donors (Lipinski definition) is 1. The molecule has 0 spiro atoms. The number of anilines is 1. The number of carbonyl (C=O) groups excluding carboxylic acids is 1. The van der Waals surface area contributed by atoms with Gasteiger partial charge in [0.15, 0.2) is 0 Å². The van der Waals surface area contributed by atoms with E-state index in [0.717, 1.165) is 18.9 Å². The summed E-state index contributed by atoms with van der Waals surface area (Å²) < 4.78 is 0. The molecule has 1 fully saturated rings. The largest absolute Gasteiger partial charge is 0.353 e. The molecule has 0 unspecified atom stereocenters. The minimum absolute atomic E-state index is 0.350. The van der Waals surface area contributed by atoms with Crippen LogP contribution in [0.2, 0.25) is 0 Å². The fraction of sp³-hybridized carbons (Fsp3) is 0.444. The van der Waals surface area contributed by atoms with E-state index >= 15 is 0 Å². The molecule has 1 aromatic rings. The van der Waals surface area contributed by atoms with Gasteiger partial charge >= 0.3 is 6.03 Å². The number of carbonyl (C=O) groups is 1. The summed E-state index contributed by atoms with van der Waals surface area (Å²) >= 11 is 0. The van der Waals surface area contributed by atoms with Crippen LogP contribution in [0.25, 0.3) is 0 Å². The molecule has 80 valence electrons. The van der Waals surface area contributed by atoms with Crippen molar-refractivity contribution in [3.8, 4) is 0 Å². The normalized spacial score (nSPS) is 16.5. The lowest BCUT2D eigenvalue weighted by molar-refractivity contribution is 0.204. The van der Waals surface area contributed by atoms with E-state index < -0.39 is 0 Å². The van der Waals surface area contributed by atoms with Crippen LogP contribution in [0.3, 0.4) is 0 Å². The predicted molar refractivity (Wildman–Crippen MR) is 55.4 cm³/mol. The van der Waals surface area contributed by atoms with Gasteiger partial charge in [0.2, 0.25) is 0 Å². The fourth-order valence-electron chi connectivity index (χ4n) is 1.63. The van der Waals surface area contributed by atoms with Crippen molar-refractivity contribution >= 4 is 11.8 Å². The van der Waals surface area contributed by atoms with Crippen LogP contribution in [0.1, 0.15) is 0 Å². The molecule has 0 bridgehead atoms. The molecule has 1 saturated heterocycles. The van der Waals surface area contributed by atoms with Gasteiger partial charge < -0.3 is 15.5 Å². The summed E-state index contributed by atoms with van der Waals surface area (Å²) in [6, 6.07) is 1.51. The lowest BCUT2D eigenvalue weighted by Gasteiger charge is -2.34. The summed E-state index contributed by atoms with van der Waals surface area (Å²) in [4.78, 5) is 22.7. The van der Waals surface area contributed by atoms with Gasteiger partial charge in [-0.2, -0.15) is 0 Å². The maximum Gasteiger partial charge on any atom is 0.314 e. The first-order valence-electron chi connectivity index (χ1n) is 4.83. The summed E-state index contributed by atoms with van der Waals surface area (Å²) in [6.45, 7) is 2.83. The van der Waals surface area contributed by atoms with Crippen molar-refractivity contribution in [1.82, 2.24) is 14.9 Å². The number of piperazine rings is 1. The van der Waals surface area contributed by atoms with Crippen LogP contribution in [0.15, 0.2) is 18.6 Å². The summed E-state index contributed by atoms with van der Waals surface area (Å²) in [5.41, 5.74) is 5.19. The van der Waals surface area contributed by atoms with E-state index in [-0.39, 0.29) is 6.03 Å². The van der Waals surface area contributed by atoms with Crippen molar-refractivity contribution in [2.24, 2.45) is 5.73 Å². The number of amides is 2. The number of nitrogens with zero attached hydrogens (tertiary/aromatic N) is 4. The predicted octanol–water partition coefficient (Wildman–Crippen LogP) is -0.323. The minimum Gasteiger partial charge on any atom is -0.353 e. The third-order valence-electron chi connectivity index (χ3n) is 2.48. The van der Waals surface area contributed by atoms with Crippen molar-refractivity contribution < 1.29 is 4.79 Å². The number of rotatable bonds is 1. The second-order valence-electron chi connectivity index (χ2n) is 3.38. The van der Waals surface area contributed by atoms with E-state index in [1.807, 2.05) is 6.07 Å². The van der Waals surface area contributed by atoms with Crippen molar-refractivity contribution in [2.45, 2.75) is 0 Å². The molecule has 2 N–H and O–H groups in total. The zero-order valence-corrected chi connectivity index (χ0v) is 8.33. The van der Waals surface area contributed by atoms with Crippen LogP contribution >= 0.6 is 0 Å². The molecule has 0 aromatic carbocycles. The van der Waals surface area contributed by atoms with Crippen molar-refractivity contribution in [2.75, 3.05) is 31.1 Å². The van der Waals surface area contributed by atoms with Crippen LogP contribution in [0.5, 0.6) is 0 Å². The van der Waals surface area contributed by atoms with E-state index in [4.69, 9.17) is 5.73 Å². The molecule has 6 nitrogen and oxygen atoms in total. The molecule has 15 heavy (non-hydrogen) atoms. The van der Waals surface area contributed by atoms with Crippen LogP contribution in [-0.2, 0) is 0 Å². The summed E-state index contributed by atoms with van der Waals surface area (Å²) in [7, 11) is 0. The van der Waals surface area contributed by atoms with Gasteiger partial charge in [-0.1, -0.05) is 0 Å². The molecule has 1 aliphatic rings. The molecule has 2 amide bonds. The molecule has 2 heterocycles. The number of nitrogens with two attached hydrogens (primary N) is 1. The van der Waals surface area contributed by atoms with Crippen LogP contribution in [0.4, 0.5) is 10.6 Å². The first-order chi connectivity index (χ1) is 7.27. The van der Waals surface area contributed by atoms with Gasteiger partial charge in [-0.25, -0.2) is 14.8 Å². The summed E-state index contributed by atoms with van der Waals surface area (Å²) in [6.07, 6.45) is 3.23. The van der Waals surface area contributed by atoms with Gasteiger partial charge in [0, 0.05) is 32.4 Å². The first kappa shape index (κ1) is 9.70. The summed E-state index contributed by atoms with van der Waals surface area (Å²) in [5.74, 6) is 0.897. The smallest absolute Gasteiger partial charge is 0.314 e. The molecular formula is C9H13N5O. The number of aromatic nitrogens is 2. The average molecular weight is 207 g/mol. The summed E-state index contributed by atoms with van der Waals surface area (Å²) in [5, 5.41) is 0. The molecule has 1 aliphatic heterocycles. The second-order valence-corrected chi connectivity index (χ2v) is 3.38. The van der Waals surface area contributed by atoms with Gasteiger partial charge in [0.25, 0.3) is 0 Å². The third kappa shape index (κ3) is 2.15. The van der Waals surface area contributed by atoms with Crippen LogP contribution in [0, 0.1) is 0 Å². The Bertz CT molecular complexity index is 334. The van der Waals surface area contributed by atoms with Gasteiger partial charge in [-0.3, -0.25) is 0 Å². The highest BCUT2D eigenvalue weighted by Crippen LogP contribution is 2.11. The second kappa shape index (κ2) is 4.12. The van der Waals surface area contributed by atoms with Crippen molar-refractivity contribution in [3.05, 3.63) is 18.6 Å². The lowest BCUT2D eigenvalue weighted by Crippen LogP contribution is -2.50. The van der Waals surface area contributed by atoms with E-state index in [1.54, 1.807) is 11.1 Å². The Morgan fingerprint density at radius 2 is 2.07 bits per heavy atom. The Balaban J connectivity index is 1.97. The van der Waals surface area contributed by atoms with Gasteiger partial charge in [-0.15, -0.1) is 0 Å². The minimum atomic E-state index is -0.350. The van der Waals surface area contributed by atoms with Crippen LogP contribution in [-0.4, -0.2) is 47.1 Å². The molecule has 6 heteroatoms. The molecule has 0 aliphatic carbocycles. The van der Waals surface area contributed by atoms with Gasteiger partial charge in [0.1, 0.15) is 12.1 Å². The molecule has 2 rings (SSSR count).